The van der Waals surface area contributed by atoms with Crippen LogP contribution in [0.1, 0.15) is 0 Å². The van der Waals surface area contributed by atoms with Gasteiger partial charge in [0, 0.05) is 24.3 Å². The van der Waals surface area contributed by atoms with Crippen molar-refractivity contribution in [1.82, 2.24) is 15.0 Å². The van der Waals surface area contributed by atoms with E-state index < -0.39 is 0 Å². The van der Waals surface area contributed by atoms with Crippen LogP contribution in [0.3, 0.4) is 0 Å². The molecule has 112 valence electrons. The minimum atomic E-state index is 0.479. The quantitative estimate of drug-likeness (QED) is 0.756. The van der Waals surface area contributed by atoms with Crippen molar-refractivity contribution in [3.05, 3.63) is 36.4 Å². The molecular formula is C16H17N5O. The Hall–Kier alpha value is -2.60. The lowest BCUT2D eigenvalue weighted by Gasteiger charge is -2.29. The first-order chi connectivity index (χ1) is 10.8. The molecule has 1 aliphatic heterocycles. The van der Waals surface area contributed by atoms with Gasteiger partial charge in [-0.05, 0) is 24.3 Å². The van der Waals surface area contributed by atoms with Crippen molar-refractivity contribution in [2.24, 2.45) is 0 Å². The number of anilines is 2. The highest BCUT2D eigenvalue weighted by atomic mass is 16.5. The van der Waals surface area contributed by atoms with Crippen molar-refractivity contribution in [2.75, 3.05) is 36.9 Å². The van der Waals surface area contributed by atoms with Gasteiger partial charge < -0.3 is 20.4 Å². The Labute approximate surface area is 127 Å². The molecule has 0 bridgehead atoms. The fourth-order valence-electron chi connectivity index (χ4n) is 2.72. The number of H-pyrrole nitrogens is 1. The van der Waals surface area contributed by atoms with E-state index in [-0.39, 0.29) is 0 Å². The highest BCUT2D eigenvalue weighted by Crippen LogP contribution is 2.25. The average molecular weight is 295 g/mol. The molecule has 0 aliphatic carbocycles. The Bertz CT molecular complexity index is 807. The first-order valence-electron chi connectivity index (χ1n) is 7.35. The molecule has 4 rings (SSSR count). The predicted octanol–water partition coefficient (Wildman–Crippen LogP) is 2.04. The molecular weight excluding hydrogens is 278 g/mol. The van der Waals surface area contributed by atoms with Gasteiger partial charge >= 0.3 is 0 Å². The number of benzene rings is 1. The van der Waals surface area contributed by atoms with E-state index in [9.17, 15) is 0 Å². The molecule has 0 saturated carbocycles. The lowest BCUT2D eigenvalue weighted by molar-refractivity contribution is 0.122. The number of rotatable bonds is 2. The molecule has 0 unspecified atom stereocenters. The summed E-state index contributed by atoms with van der Waals surface area (Å²) in [5.41, 5.74) is 9.48. The number of aromatic nitrogens is 3. The first-order valence-corrected chi connectivity index (χ1v) is 7.35. The van der Waals surface area contributed by atoms with Crippen molar-refractivity contribution >= 4 is 22.7 Å². The zero-order valence-electron chi connectivity index (χ0n) is 12.1. The number of ether oxygens (including phenoxy) is 1. The van der Waals surface area contributed by atoms with Gasteiger partial charge in [-0.15, -0.1) is 0 Å². The molecule has 1 saturated heterocycles. The Morgan fingerprint density at radius 1 is 1.09 bits per heavy atom. The second-order valence-corrected chi connectivity index (χ2v) is 5.34. The normalized spacial score (nSPS) is 15.4. The number of nitrogens with one attached hydrogen (secondary N) is 1. The molecule has 3 aromatic rings. The summed E-state index contributed by atoms with van der Waals surface area (Å²) in [6, 6.07) is 12.0. The molecule has 0 radical (unpaired) electrons. The van der Waals surface area contributed by atoms with Gasteiger partial charge in [-0.3, -0.25) is 0 Å². The van der Waals surface area contributed by atoms with E-state index >= 15 is 0 Å². The second-order valence-electron chi connectivity index (χ2n) is 5.34. The van der Waals surface area contributed by atoms with Crippen LogP contribution in [-0.2, 0) is 4.74 Å². The number of aromatic amines is 1. The summed E-state index contributed by atoms with van der Waals surface area (Å²) in [5, 5.41) is 0. The molecule has 6 nitrogen and oxygen atoms in total. The standard InChI is InChI=1S/C16H17N5O/c17-14-5-4-13-16(19-14)20-15(18-13)11-2-1-3-12(10-11)21-6-8-22-9-7-21/h1-5,10H,6-9H2,(H3,17,18,19,20). The van der Waals surface area contributed by atoms with Crippen LogP contribution in [0.15, 0.2) is 36.4 Å². The molecule has 2 aromatic heterocycles. The Morgan fingerprint density at radius 3 is 2.82 bits per heavy atom. The van der Waals surface area contributed by atoms with Gasteiger partial charge in [0.15, 0.2) is 5.65 Å². The minimum absolute atomic E-state index is 0.479. The number of pyridine rings is 1. The van der Waals surface area contributed by atoms with Gasteiger partial charge in [0.1, 0.15) is 11.6 Å². The molecule has 3 heterocycles. The maximum absolute atomic E-state index is 5.71. The van der Waals surface area contributed by atoms with Crippen molar-refractivity contribution in [3.8, 4) is 11.4 Å². The smallest absolute Gasteiger partial charge is 0.180 e. The first kappa shape index (κ1) is 13.1. The van der Waals surface area contributed by atoms with E-state index in [1.165, 1.54) is 5.69 Å². The number of morpholine rings is 1. The third-order valence-corrected chi connectivity index (χ3v) is 3.86. The third-order valence-electron chi connectivity index (χ3n) is 3.86. The summed E-state index contributed by atoms with van der Waals surface area (Å²) < 4.78 is 5.41. The van der Waals surface area contributed by atoms with Crippen LogP contribution in [0.25, 0.3) is 22.6 Å². The zero-order valence-corrected chi connectivity index (χ0v) is 12.1. The van der Waals surface area contributed by atoms with Gasteiger partial charge in [-0.25, -0.2) is 9.97 Å². The van der Waals surface area contributed by atoms with E-state index in [2.05, 4.69) is 38.1 Å². The summed E-state index contributed by atoms with van der Waals surface area (Å²) in [4.78, 5) is 14.4. The van der Waals surface area contributed by atoms with Crippen molar-refractivity contribution < 1.29 is 4.74 Å². The molecule has 0 atom stereocenters. The van der Waals surface area contributed by atoms with E-state index in [4.69, 9.17) is 10.5 Å². The molecule has 0 spiro atoms. The average Bonchev–Trinajstić information content (AvgIpc) is 2.99. The summed E-state index contributed by atoms with van der Waals surface area (Å²) in [7, 11) is 0. The van der Waals surface area contributed by atoms with Gasteiger partial charge in [0.2, 0.25) is 0 Å². The van der Waals surface area contributed by atoms with E-state index in [0.717, 1.165) is 43.2 Å². The van der Waals surface area contributed by atoms with Crippen molar-refractivity contribution in [2.45, 2.75) is 0 Å². The number of nitrogens with zero attached hydrogens (tertiary/aromatic N) is 3. The summed E-state index contributed by atoms with van der Waals surface area (Å²) in [6.45, 7) is 3.39. The molecule has 1 aromatic carbocycles. The van der Waals surface area contributed by atoms with Crippen molar-refractivity contribution in [3.63, 3.8) is 0 Å². The van der Waals surface area contributed by atoms with Gasteiger partial charge in [0.25, 0.3) is 0 Å². The number of imidazole rings is 1. The number of nitrogen functional groups attached to an aromatic ring is 1. The Balaban J connectivity index is 1.71. The monoisotopic (exact) mass is 295 g/mol. The van der Waals surface area contributed by atoms with E-state index in [1.54, 1.807) is 6.07 Å². The van der Waals surface area contributed by atoms with Gasteiger partial charge in [-0.1, -0.05) is 12.1 Å². The lowest BCUT2D eigenvalue weighted by Crippen LogP contribution is -2.36. The van der Waals surface area contributed by atoms with Crippen molar-refractivity contribution in [1.29, 1.82) is 0 Å². The number of hydrogen-bond acceptors (Lipinski definition) is 5. The topological polar surface area (TPSA) is 80.1 Å². The molecule has 1 aliphatic rings. The SMILES string of the molecule is Nc1ccc2[nH]c(-c3cccc(N4CCOCC4)c3)nc2n1. The van der Waals surface area contributed by atoms with Crippen LogP contribution < -0.4 is 10.6 Å². The van der Waals surface area contributed by atoms with Crippen LogP contribution >= 0.6 is 0 Å². The summed E-state index contributed by atoms with van der Waals surface area (Å²) >= 11 is 0. The molecule has 6 heteroatoms. The number of nitrogens with two attached hydrogens (primary N) is 1. The van der Waals surface area contributed by atoms with Gasteiger partial charge in [0.05, 0.1) is 18.7 Å². The molecule has 3 N–H and O–H groups in total. The molecule has 0 amide bonds. The second kappa shape index (κ2) is 5.31. The maximum atomic E-state index is 5.71. The zero-order chi connectivity index (χ0) is 14.9. The van der Waals surface area contributed by atoms with E-state index in [1.807, 2.05) is 12.1 Å². The summed E-state index contributed by atoms with van der Waals surface area (Å²) in [5.74, 6) is 1.29. The predicted molar refractivity (Wildman–Crippen MR) is 86.8 cm³/mol. The Morgan fingerprint density at radius 2 is 1.95 bits per heavy atom. The Kier molecular flexibility index (Phi) is 3.16. The lowest BCUT2D eigenvalue weighted by atomic mass is 10.1. The molecule has 1 fully saturated rings. The van der Waals surface area contributed by atoms with E-state index in [0.29, 0.717) is 11.5 Å². The number of fused-ring (bicyclic) bond motifs is 1. The fraction of sp³-hybridized carbons (Fsp3) is 0.250. The van der Waals surface area contributed by atoms with Crippen LogP contribution in [0.5, 0.6) is 0 Å². The van der Waals surface area contributed by atoms with Crippen LogP contribution in [0.2, 0.25) is 0 Å². The largest absolute Gasteiger partial charge is 0.384 e. The third kappa shape index (κ3) is 2.37. The maximum Gasteiger partial charge on any atom is 0.180 e. The number of hydrogen-bond donors (Lipinski definition) is 2. The molecule has 22 heavy (non-hydrogen) atoms. The fourth-order valence-corrected chi connectivity index (χ4v) is 2.72. The minimum Gasteiger partial charge on any atom is -0.384 e. The van der Waals surface area contributed by atoms with Crippen LogP contribution in [-0.4, -0.2) is 41.3 Å². The highest BCUT2D eigenvalue weighted by molar-refractivity contribution is 5.78. The van der Waals surface area contributed by atoms with Crippen LogP contribution in [0.4, 0.5) is 11.5 Å². The highest BCUT2D eigenvalue weighted by Gasteiger charge is 2.13. The van der Waals surface area contributed by atoms with Gasteiger partial charge in [-0.2, -0.15) is 0 Å². The summed E-state index contributed by atoms with van der Waals surface area (Å²) in [6.07, 6.45) is 0. The van der Waals surface area contributed by atoms with Crippen LogP contribution in [0, 0.1) is 0 Å².